The lowest BCUT2D eigenvalue weighted by Gasteiger charge is -2.20. The Morgan fingerprint density at radius 3 is 2.71 bits per heavy atom. The van der Waals surface area contributed by atoms with E-state index in [0.717, 1.165) is 28.2 Å². The molecule has 0 saturated heterocycles. The van der Waals surface area contributed by atoms with Crippen LogP contribution in [0.5, 0.6) is 5.75 Å². The molecule has 1 atom stereocenters. The van der Waals surface area contributed by atoms with Gasteiger partial charge in [-0.15, -0.1) is 0 Å². The van der Waals surface area contributed by atoms with E-state index >= 15 is 0 Å². The predicted molar refractivity (Wildman–Crippen MR) is 92.3 cm³/mol. The molecule has 0 fully saturated rings. The Labute approximate surface area is 139 Å². The van der Waals surface area contributed by atoms with E-state index in [1.54, 1.807) is 7.11 Å². The number of nitrogens with one attached hydrogen (secondary N) is 1. The molecule has 0 heterocycles. The molecule has 0 aliphatic carbocycles. The molecule has 2 nitrogen and oxygen atoms in total. The Kier molecular flexibility index (Phi) is 6.09. The normalized spacial score (nSPS) is 12.2. The first-order chi connectivity index (χ1) is 10.1. The summed E-state index contributed by atoms with van der Waals surface area (Å²) in [6.07, 6.45) is 0.867. The highest BCUT2D eigenvalue weighted by molar-refractivity contribution is 9.10. The quantitative estimate of drug-likeness (QED) is 0.774. The molecule has 0 aliphatic heterocycles. The minimum Gasteiger partial charge on any atom is -0.497 e. The highest BCUT2D eigenvalue weighted by Gasteiger charge is 2.14. The van der Waals surface area contributed by atoms with Crippen molar-refractivity contribution in [3.05, 3.63) is 63.1 Å². The van der Waals surface area contributed by atoms with Crippen molar-refractivity contribution in [1.82, 2.24) is 5.32 Å². The van der Waals surface area contributed by atoms with Gasteiger partial charge in [-0.3, -0.25) is 0 Å². The lowest BCUT2D eigenvalue weighted by atomic mass is 9.98. The maximum atomic E-state index is 6.11. The molecule has 2 rings (SSSR count). The number of benzene rings is 2. The second kappa shape index (κ2) is 7.83. The Balaban J connectivity index is 2.28. The summed E-state index contributed by atoms with van der Waals surface area (Å²) in [4.78, 5) is 0. The second-order valence-electron chi connectivity index (χ2n) is 4.83. The third-order valence-corrected chi connectivity index (χ3v) is 4.39. The molecule has 1 unspecified atom stereocenters. The number of hydrogen-bond acceptors (Lipinski definition) is 2. The molecule has 2 aromatic rings. The number of ether oxygens (including phenoxy) is 1. The molecule has 0 aromatic heterocycles. The van der Waals surface area contributed by atoms with Crippen molar-refractivity contribution >= 4 is 27.5 Å². The maximum Gasteiger partial charge on any atom is 0.119 e. The monoisotopic (exact) mass is 367 g/mol. The van der Waals surface area contributed by atoms with Gasteiger partial charge in [0.15, 0.2) is 0 Å². The Morgan fingerprint density at radius 2 is 2.05 bits per heavy atom. The SMILES string of the molecule is CCNC(Cc1cc(OC)ccc1Br)c1cccc(Cl)c1. The van der Waals surface area contributed by atoms with Crippen molar-refractivity contribution in [1.29, 1.82) is 0 Å². The summed E-state index contributed by atoms with van der Waals surface area (Å²) in [5.41, 5.74) is 2.40. The van der Waals surface area contributed by atoms with E-state index in [2.05, 4.69) is 40.3 Å². The standard InChI is InChI=1S/C17H19BrClNO/c1-3-20-17(12-5-4-6-14(19)9-12)11-13-10-15(21-2)7-8-16(13)18/h4-10,17,20H,3,11H2,1-2H3. The summed E-state index contributed by atoms with van der Waals surface area (Å²) in [6.45, 7) is 3.01. The molecular weight excluding hydrogens is 350 g/mol. The average molecular weight is 369 g/mol. The summed E-state index contributed by atoms with van der Waals surface area (Å²) in [5, 5.41) is 4.28. The smallest absolute Gasteiger partial charge is 0.119 e. The number of hydrogen-bond donors (Lipinski definition) is 1. The van der Waals surface area contributed by atoms with Gasteiger partial charge < -0.3 is 10.1 Å². The van der Waals surface area contributed by atoms with Crippen LogP contribution in [0, 0.1) is 0 Å². The molecule has 0 amide bonds. The van der Waals surface area contributed by atoms with Crippen LogP contribution >= 0.6 is 27.5 Å². The van der Waals surface area contributed by atoms with Gasteiger partial charge in [0.2, 0.25) is 0 Å². The number of rotatable bonds is 6. The van der Waals surface area contributed by atoms with Crippen LogP contribution in [0.1, 0.15) is 24.1 Å². The summed E-state index contributed by atoms with van der Waals surface area (Å²) < 4.78 is 6.40. The molecule has 1 N–H and O–H groups in total. The minimum absolute atomic E-state index is 0.220. The molecule has 0 aliphatic rings. The van der Waals surface area contributed by atoms with E-state index in [0.29, 0.717) is 0 Å². The first-order valence-corrected chi connectivity index (χ1v) is 8.12. The molecule has 2 aromatic carbocycles. The van der Waals surface area contributed by atoms with Crippen LogP contribution < -0.4 is 10.1 Å². The van der Waals surface area contributed by atoms with E-state index in [1.807, 2.05) is 30.3 Å². The predicted octanol–water partition coefficient (Wildman–Crippen LogP) is 5.00. The van der Waals surface area contributed by atoms with Crippen molar-refractivity contribution < 1.29 is 4.74 Å². The van der Waals surface area contributed by atoms with Gasteiger partial charge in [-0.1, -0.05) is 46.6 Å². The van der Waals surface area contributed by atoms with Crippen LogP contribution in [0.25, 0.3) is 0 Å². The Bertz CT molecular complexity index is 603. The fourth-order valence-corrected chi connectivity index (χ4v) is 2.94. The fraction of sp³-hybridized carbons (Fsp3) is 0.294. The third-order valence-electron chi connectivity index (χ3n) is 3.38. The number of likely N-dealkylation sites (N-methyl/N-ethyl adjacent to an activating group) is 1. The third kappa shape index (κ3) is 4.47. The summed E-state index contributed by atoms with van der Waals surface area (Å²) >= 11 is 9.73. The molecule has 21 heavy (non-hydrogen) atoms. The van der Waals surface area contributed by atoms with Crippen LogP contribution in [0.15, 0.2) is 46.9 Å². The second-order valence-corrected chi connectivity index (χ2v) is 6.12. The summed E-state index contributed by atoms with van der Waals surface area (Å²) in [5.74, 6) is 0.870. The van der Waals surface area contributed by atoms with E-state index in [9.17, 15) is 0 Å². The Morgan fingerprint density at radius 1 is 1.24 bits per heavy atom. The van der Waals surface area contributed by atoms with Crippen LogP contribution in [-0.2, 0) is 6.42 Å². The zero-order valence-corrected chi connectivity index (χ0v) is 14.5. The lowest BCUT2D eigenvalue weighted by Crippen LogP contribution is -2.23. The summed E-state index contributed by atoms with van der Waals surface area (Å²) in [6, 6.07) is 14.3. The minimum atomic E-state index is 0.220. The van der Waals surface area contributed by atoms with Gasteiger partial charge in [-0.25, -0.2) is 0 Å². The van der Waals surface area contributed by atoms with E-state index in [-0.39, 0.29) is 6.04 Å². The van der Waals surface area contributed by atoms with Crippen LogP contribution in [0.4, 0.5) is 0 Å². The first kappa shape index (κ1) is 16.3. The molecular formula is C17H19BrClNO. The van der Waals surface area contributed by atoms with Crippen molar-refractivity contribution in [3.63, 3.8) is 0 Å². The largest absolute Gasteiger partial charge is 0.497 e. The topological polar surface area (TPSA) is 21.3 Å². The van der Waals surface area contributed by atoms with Gasteiger partial charge in [0.25, 0.3) is 0 Å². The van der Waals surface area contributed by atoms with Gasteiger partial charge in [-0.05, 0) is 54.4 Å². The van der Waals surface area contributed by atoms with Gasteiger partial charge in [-0.2, -0.15) is 0 Å². The molecule has 4 heteroatoms. The highest BCUT2D eigenvalue weighted by Crippen LogP contribution is 2.28. The average Bonchev–Trinajstić information content (AvgIpc) is 2.49. The van der Waals surface area contributed by atoms with E-state index in [1.165, 1.54) is 11.1 Å². The Hall–Kier alpha value is -1.03. The summed E-state index contributed by atoms with van der Waals surface area (Å²) in [7, 11) is 1.69. The molecule has 0 spiro atoms. The molecule has 0 saturated carbocycles. The first-order valence-electron chi connectivity index (χ1n) is 6.95. The van der Waals surface area contributed by atoms with Gasteiger partial charge in [0.05, 0.1) is 7.11 Å². The lowest BCUT2D eigenvalue weighted by molar-refractivity contribution is 0.413. The number of methoxy groups -OCH3 is 1. The zero-order chi connectivity index (χ0) is 15.2. The number of halogens is 2. The van der Waals surface area contributed by atoms with Gasteiger partial charge in [0, 0.05) is 15.5 Å². The zero-order valence-electron chi connectivity index (χ0n) is 12.2. The fourth-order valence-electron chi connectivity index (χ4n) is 2.33. The van der Waals surface area contributed by atoms with Gasteiger partial charge >= 0.3 is 0 Å². The van der Waals surface area contributed by atoms with Crippen LogP contribution in [0.3, 0.4) is 0 Å². The van der Waals surface area contributed by atoms with Crippen LogP contribution in [-0.4, -0.2) is 13.7 Å². The van der Waals surface area contributed by atoms with E-state index < -0.39 is 0 Å². The molecule has 0 radical (unpaired) electrons. The van der Waals surface area contributed by atoms with Crippen molar-refractivity contribution in [2.45, 2.75) is 19.4 Å². The van der Waals surface area contributed by atoms with Crippen molar-refractivity contribution in [2.24, 2.45) is 0 Å². The van der Waals surface area contributed by atoms with E-state index in [4.69, 9.17) is 16.3 Å². The van der Waals surface area contributed by atoms with Gasteiger partial charge in [0.1, 0.15) is 5.75 Å². The maximum absolute atomic E-state index is 6.11. The van der Waals surface area contributed by atoms with Crippen LogP contribution in [0.2, 0.25) is 5.02 Å². The molecule has 112 valence electrons. The van der Waals surface area contributed by atoms with Crippen molar-refractivity contribution in [3.8, 4) is 5.75 Å². The highest BCUT2D eigenvalue weighted by atomic mass is 79.9. The van der Waals surface area contributed by atoms with Crippen molar-refractivity contribution in [2.75, 3.05) is 13.7 Å². The molecule has 0 bridgehead atoms.